The Kier molecular flexibility index (Phi) is 2.60. The van der Waals surface area contributed by atoms with E-state index in [0.717, 1.165) is 11.3 Å². The van der Waals surface area contributed by atoms with E-state index >= 15 is 0 Å². The Bertz CT molecular complexity index is 553. The first-order valence-electron chi connectivity index (χ1n) is 5.19. The Morgan fingerprint density at radius 1 is 1.44 bits per heavy atom. The average molecular weight is 218 g/mol. The van der Waals surface area contributed by atoms with Crippen molar-refractivity contribution in [3.05, 3.63) is 40.2 Å². The van der Waals surface area contributed by atoms with E-state index in [1.54, 1.807) is 10.9 Å². The third-order valence-corrected chi connectivity index (χ3v) is 2.32. The molecule has 16 heavy (non-hydrogen) atoms. The van der Waals surface area contributed by atoms with E-state index in [9.17, 15) is 4.79 Å². The molecule has 5 nitrogen and oxygen atoms in total. The molecule has 0 fully saturated rings. The minimum absolute atomic E-state index is 0.256. The number of hydrogen-bond donors (Lipinski definition) is 1. The number of nitrogens with one attached hydrogen (secondary N) is 1. The fraction of sp³-hybridized carbons (Fsp3) is 0.364. The molecule has 0 saturated carbocycles. The lowest BCUT2D eigenvalue weighted by Gasteiger charge is -2.06. The Balaban J connectivity index is 2.53. The van der Waals surface area contributed by atoms with Gasteiger partial charge in [-0.05, 0) is 18.4 Å². The van der Waals surface area contributed by atoms with Crippen molar-refractivity contribution >= 4 is 0 Å². The Hall–Kier alpha value is -1.91. The highest BCUT2D eigenvalue weighted by Crippen LogP contribution is 2.12. The Morgan fingerprint density at radius 2 is 2.19 bits per heavy atom. The molecule has 0 amide bonds. The minimum Gasteiger partial charge on any atom is -0.309 e. The number of aromatic nitrogens is 4. The third kappa shape index (κ3) is 2.03. The second-order valence-corrected chi connectivity index (χ2v) is 4.12. The molecule has 2 rings (SSSR count). The molecule has 0 unspecified atom stereocenters. The van der Waals surface area contributed by atoms with Crippen LogP contribution in [-0.2, 0) is 0 Å². The number of rotatable bonds is 2. The summed E-state index contributed by atoms with van der Waals surface area (Å²) >= 11 is 0. The lowest BCUT2D eigenvalue weighted by Crippen LogP contribution is -2.17. The molecule has 84 valence electrons. The highest BCUT2D eigenvalue weighted by molar-refractivity contribution is 5.25. The first-order valence-corrected chi connectivity index (χ1v) is 5.19. The summed E-state index contributed by atoms with van der Waals surface area (Å²) in [6.07, 6.45) is 3.57. The molecule has 0 aliphatic carbocycles. The van der Waals surface area contributed by atoms with Gasteiger partial charge in [-0.1, -0.05) is 13.8 Å². The van der Waals surface area contributed by atoms with Crippen molar-refractivity contribution < 1.29 is 0 Å². The van der Waals surface area contributed by atoms with Crippen LogP contribution < -0.4 is 5.69 Å². The summed E-state index contributed by atoms with van der Waals surface area (Å²) in [6, 6.07) is 1.85. The second kappa shape index (κ2) is 3.92. The SMILES string of the molecule is Cc1cnn(-c2cc(C(C)C)[nH]c(=O)n2)c1. The maximum atomic E-state index is 11.4. The molecule has 0 aliphatic heterocycles. The van der Waals surface area contributed by atoms with Gasteiger partial charge in [0, 0.05) is 18.0 Å². The van der Waals surface area contributed by atoms with Gasteiger partial charge in [0.25, 0.3) is 0 Å². The zero-order chi connectivity index (χ0) is 11.7. The molecule has 1 N–H and O–H groups in total. The van der Waals surface area contributed by atoms with Crippen LogP contribution in [0, 0.1) is 6.92 Å². The van der Waals surface area contributed by atoms with Gasteiger partial charge in [-0.15, -0.1) is 0 Å². The maximum Gasteiger partial charge on any atom is 0.347 e. The van der Waals surface area contributed by atoms with Crippen LogP contribution in [0.15, 0.2) is 23.3 Å². The van der Waals surface area contributed by atoms with Crippen molar-refractivity contribution in [3.63, 3.8) is 0 Å². The summed E-state index contributed by atoms with van der Waals surface area (Å²) in [5.41, 5.74) is 1.56. The van der Waals surface area contributed by atoms with Gasteiger partial charge in [0.2, 0.25) is 0 Å². The van der Waals surface area contributed by atoms with Crippen molar-refractivity contribution in [2.75, 3.05) is 0 Å². The first kappa shape index (κ1) is 10.6. The van der Waals surface area contributed by atoms with Gasteiger partial charge in [0.1, 0.15) is 0 Å². The summed E-state index contributed by atoms with van der Waals surface area (Å²) < 4.78 is 1.61. The van der Waals surface area contributed by atoms with Crippen LogP contribution in [-0.4, -0.2) is 19.7 Å². The lowest BCUT2D eigenvalue weighted by atomic mass is 10.1. The molecule has 0 aromatic carbocycles. The van der Waals surface area contributed by atoms with E-state index in [1.807, 2.05) is 33.0 Å². The number of aromatic amines is 1. The van der Waals surface area contributed by atoms with Crippen LogP contribution in [0.4, 0.5) is 0 Å². The normalized spacial score (nSPS) is 11.0. The lowest BCUT2D eigenvalue weighted by molar-refractivity contribution is 0.770. The topological polar surface area (TPSA) is 63.6 Å². The van der Waals surface area contributed by atoms with Gasteiger partial charge < -0.3 is 4.98 Å². The molecule has 0 atom stereocenters. The minimum atomic E-state index is -0.339. The number of aryl methyl sites for hydroxylation is 1. The van der Waals surface area contributed by atoms with Crippen LogP contribution in [0.25, 0.3) is 5.82 Å². The van der Waals surface area contributed by atoms with Crippen molar-refractivity contribution in [2.45, 2.75) is 26.7 Å². The van der Waals surface area contributed by atoms with Crippen LogP contribution in [0.1, 0.15) is 31.0 Å². The fourth-order valence-corrected chi connectivity index (χ4v) is 1.43. The second-order valence-electron chi connectivity index (χ2n) is 4.12. The van der Waals surface area contributed by atoms with Crippen LogP contribution in [0.5, 0.6) is 0 Å². The zero-order valence-corrected chi connectivity index (χ0v) is 9.56. The van der Waals surface area contributed by atoms with Gasteiger partial charge in [-0.2, -0.15) is 10.1 Å². The summed E-state index contributed by atoms with van der Waals surface area (Å²) in [7, 11) is 0. The largest absolute Gasteiger partial charge is 0.347 e. The smallest absolute Gasteiger partial charge is 0.309 e. The van der Waals surface area contributed by atoms with Crippen LogP contribution >= 0.6 is 0 Å². The van der Waals surface area contributed by atoms with E-state index in [0.29, 0.717) is 5.82 Å². The highest BCUT2D eigenvalue weighted by Gasteiger charge is 2.06. The molecule has 2 aromatic heterocycles. The third-order valence-electron chi connectivity index (χ3n) is 2.32. The highest BCUT2D eigenvalue weighted by atomic mass is 16.1. The predicted molar refractivity (Wildman–Crippen MR) is 60.8 cm³/mol. The number of nitrogens with zero attached hydrogens (tertiary/aromatic N) is 3. The average Bonchev–Trinajstić information content (AvgIpc) is 2.64. The van der Waals surface area contributed by atoms with Gasteiger partial charge in [0.15, 0.2) is 5.82 Å². The molecule has 0 spiro atoms. The van der Waals surface area contributed by atoms with Crippen molar-refractivity contribution in [3.8, 4) is 5.82 Å². The van der Waals surface area contributed by atoms with E-state index in [2.05, 4.69) is 15.1 Å². The van der Waals surface area contributed by atoms with Gasteiger partial charge in [-0.3, -0.25) is 0 Å². The van der Waals surface area contributed by atoms with Crippen molar-refractivity contribution in [1.29, 1.82) is 0 Å². The number of hydrogen-bond acceptors (Lipinski definition) is 3. The van der Waals surface area contributed by atoms with Gasteiger partial charge >= 0.3 is 5.69 Å². The quantitative estimate of drug-likeness (QED) is 0.828. The van der Waals surface area contributed by atoms with Gasteiger partial charge in [0.05, 0.1) is 6.20 Å². The molecule has 0 aliphatic rings. The zero-order valence-electron chi connectivity index (χ0n) is 9.56. The van der Waals surface area contributed by atoms with Crippen molar-refractivity contribution in [1.82, 2.24) is 19.7 Å². The Labute approximate surface area is 93.2 Å². The summed E-state index contributed by atoms with van der Waals surface area (Å²) in [4.78, 5) is 18.0. The summed E-state index contributed by atoms with van der Waals surface area (Å²) in [6.45, 7) is 5.98. The molecular formula is C11H14N4O. The molecule has 0 radical (unpaired) electrons. The molecular weight excluding hydrogens is 204 g/mol. The maximum absolute atomic E-state index is 11.4. The molecule has 0 bridgehead atoms. The monoisotopic (exact) mass is 218 g/mol. The fourth-order valence-electron chi connectivity index (χ4n) is 1.43. The van der Waals surface area contributed by atoms with Crippen LogP contribution in [0.2, 0.25) is 0 Å². The van der Waals surface area contributed by atoms with E-state index in [4.69, 9.17) is 0 Å². The van der Waals surface area contributed by atoms with E-state index < -0.39 is 0 Å². The summed E-state index contributed by atoms with van der Waals surface area (Å²) in [5, 5.41) is 4.13. The predicted octanol–water partition coefficient (Wildman–Crippen LogP) is 1.39. The Morgan fingerprint density at radius 3 is 2.75 bits per heavy atom. The number of H-pyrrole nitrogens is 1. The molecule has 0 saturated heterocycles. The van der Waals surface area contributed by atoms with Crippen LogP contribution in [0.3, 0.4) is 0 Å². The first-order chi connectivity index (χ1) is 7.56. The molecule has 2 heterocycles. The standard InChI is InChI=1S/C11H14N4O/c1-7(2)9-4-10(14-11(16)13-9)15-6-8(3)5-12-15/h4-7H,1-3H3,(H,13,14,16). The van der Waals surface area contributed by atoms with E-state index in [1.165, 1.54) is 0 Å². The summed E-state index contributed by atoms with van der Waals surface area (Å²) in [5.74, 6) is 0.812. The van der Waals surface area contributed by atoms with Crippen molar-refractivity contribution in [2.24, 2.45) is 0 Å². The van der Waals surface area contributed by atoms with E-state index in [-0.39, 0.29) is 11.6 Å². The van der Waals surface area contributed by atoms with Gasteiger partial charge in [-0.25, -0.2) is 9.48 Å². The molecule has 5 heteroatoms. The molecule has 2 aromatic rings.